The molecule has 10 heavy (non-hydrogen) atoms. The Bertz CT molecular complexity index is 174. The lowest BCUT2D eigenvalue weighted by Gasteiger charge is -1.97. The molecule has 0 aliphatic heterocycles. The van der Waals surface area contributed by atoms with E-state index >= 15 is 0 Å². The van der Waals surface area contributed by atoms with Gasteiger partial charge >= 0.3 is 0 Å². The summed E-state index contributed by atoms with van der Waals surface area (Å²) in [5, 5.41) is 0. The second kappa shape index (κ2) is 4.12. The van der Waals surface area contributed by atoms with Crippen molar-refractivity contribution in [2.75, 3.05) is 6.61 Å². The van der Waals surface area contributed by atoms with Crippen LogP contribution in [0, 0.1) is 0 Å². The third-order valence-electron chi connectivity index (χ3n) is 1.44. The molecule has 1 aromatic carbocycles. The summed E-state index contributed by atoms with van der Waals surface area (Å²) in [6, 6.07) is 10.3. The minimum absolute atomic E-state index is 0.810. The van der Waals surface area contributed by atoms with Crippen LogP contribution in [-0.4, -0.2) is 14.7 Å². The molecule has 0 heterocycles. The lowest BCUT2D eigenvalue weighted by atomic mass is 10.2. The van der Waals surface area contributed by atoms with E-state index in [9.17, 15) is 0 Å². The molecular formula is C8H11BO. The summed E-state index contributed by atoms with van der Waals surface area (Å²) in [4.78, 5) is 0. The molecule has 0 bridgehead atoms. The minimum Gasteiger partial charge on any atom is -0.444 e. The lowest BCUT2D eigenvalue weighted by molar-refractivity contribution is 0.354. The van der Waals surface area contributed by atoms with Crippen LogP contribution in [0.15, 0.2) is 30.3 Å². The van der Waals surface area contributed by atoms with Crippen molar-refractivity contribution in [2.24, 2.45) is 0 Å². The predicted octanol–water partition coefficient (Wildman–Crippen LogP) is 0.794. The molecule has 0 spiro atoms. The van der Waals surface area contributed by atoms with Gasteiger partial charge in [-0.25, -0.2) is 0 Å². The van der Waals surface area contributed by atoms with Gasteiger partial charge in [0.15, 0.2) is 0 Å². The Kier molecular flexibility index (Phi) is 3.03. The highest BCUT2D eigenvalue weighted by molar-refractivity contribution is 5.97. The Balaban J connectivity index is 2.43. The van der Waals surface area contributed by atoms with Gasteiger partial charge in [0, 0.05) is 6.61 Å². The van der Waals surface area contributed by atoms with E-state index in [-0.39, 0.29) is 0 Å². The van der Waals surface area contributed by atoms with E-state index in [0.717, 1.165) is 13.0 Å². The van der Waals surface area contributed by atoms with Crippen LogP contribution in [0.2, 0.25) is 0 Å². The summed E-state index contributed by atoms with van der Waals surface area (Å²) in [5.74, 6) is 0. The minimum atomic E-state index is 0.810. The molecule has 0 atom stereocenters. The molecule has 0 aliphatic carbocycles. The first-order chi connectivity index (χ1) is 4.93. The van der Waals surface area contributed by atoms with E-state index in [1.807, 2.05) is 18.2 Å². The summed E-state index contributed by atoms with van der Waals surface area (Å²) >= 11 is 0. The Labute approximate surface area is 62.5 Å². The van der Waals surface area contributed by atoms with Crippen LogP contribution in [-0.2, 0) is 11.1 Å². The quantitative estimate of drug-likeness (QED) is 0.555. The molecular weight excluding hydrogens is 123 g/mol. The zero-order chi connectivity index (χ0) is 7.23. The normalized spacial score (nSPS) is 9.60. The van der Waals surface area contributed by atoms with Gasteiger partial charge in [0.1, 0.15) is 0 Å². The van der Waals surface area contributed by atoms with Crippen LogP contribution in [0.5, 0.6) is 0 Å². The van der Waals surface area contributed by atoms with Crippen molar-refractivity contribution in [3.05, 3.63) is 35.9 Å². The van der Waals surface area contributed by atoms with Crippen LogP contribution < -0.4 is 0 Å². The summed E-state index contributed by atoms with van der Waals surface area (Å²) in [7, 11) is 1.73. The molecule has 1 rings (SSSR count). The molecule has 52 valence electrons. The van der Waals surface area contributed by atoms with Crippen molar-refractivity contribution in [1.82, 2.24) is 0 Å². The zero-order valence-corrected chi connectivity index (χ0v) is 6.21. The van der Waals surface area contributed by atoms with Crippen LogP contribution in [0.25, 0.3) is 0 Å². The van der Waals surface area contributed by atoms with E-state index in [2.05, 4.69) is 12.1 Å². The van der Waals surface area contributed by atoms with Gasteiger partial charge in [0.05, 0.1) is 0 Å². The van der Waals surface area contributed by atoms with Crippen molar-refractivity contribution in [1.29, 1.82) is 0 Å². The van der Waals surface area contributed by atoms with Crippen molar-refractivity contribution in [3.8, 4) is 0 Å². The first-order valence-corrected chi connectivity index (χ1v) is 3.46. The molecule has 2 heteroatoms. The van der Waals surface area contributed by atoms with Crippen LogP contribution in [0.4, 0.5) is 0 Å². The fraction of sp³-hybridized carbons (Fsp3) is 0.250. The van der Waals surface area contributed by atoms with Gasteiger partial charge in [0.25, 0.3) is 8.05 Å². The average Bonchev–Trinajstić information content (AvgIpc) is 2.03. The maximum absolute atomic E-state index is 4.95. The second-order valence-electron chi connectivity index (χ2n) is 2.23. The van der Waals surface area contributed by atoms with Crippen molar-refractivity contribution >= 4 is 8.05 Å². The van der Waals surface area contributed by atoms with E-state index in [1.54, 1.807) is 8.05 Å². The highest BCUT2D eigenvalue weighted by atomic mass is 16.4. The molecule has 0 amide bonds. The number of benzene rings is 1. The Morgan fingerprint density at radius 1 is 1.20 bits per heavy atom. The number of hydrogen-bond acceptors (Lipinski definition) is 1. The Morgan fingerprint density at radius 3 is 2.50 bits per heavy atom. The molecule has 0 unspecified atom stereocenters. The summed E-state index contributed by atoms with van der Waals surface area (Å²) in [6.07, 6.45) is 1.01. The SMILES string of the molecule is BOCCc1ccccc1. The van der Waals surface area contributed by atoms with Gasteiger partial charge in [-0.05, 0) is 12.0 Å². The molecule has 0 radical (unpaired) electrons. The van der Waals surface area contributed by atoms with Crippen molar-refractivity contribution in [2.45, 2.75) is 6.42 Å². The summed E-state index contributed by atoms with van der Waals surface area (Å²) in [6.45, 7) is 0.810. The molecule has 0 aromatic heterocycles. The molecule has 0 N–H and O–H groups in total. The zero-order valence-electron chi connectivity index (χ0n) is 6.21. The summed E-state index contributed by atoms with van der Waals surface area (Å²) < 4.78 is 4.95. The Hall–Kier alpha value is -0.755. The molecule has 0 saturated heterocycles. The highest BCUT2D eigenvalue weighted by Crippen LogP contribution is 1.98. The van der Waals surface area contributed by atoms with Gasteiger partial charge in [-0.15, -0.1) is 0 Å². The maximum Gasteiger partial charge on any atom is 0.257 e. The number of rotatable bonds is 3. The fourth-order valence-electron chi connectivity index (χ4n) is 0.865. The molecule has 0 saturated carbocycles. The summed E-state index contributed by atoms with van der Waals surface area (Å²) in [5.41, 5.74) is 1.34. The van der Waals surface area contributed by atoms with Crippen molar-refractivity contribution in [3.63, 3.8) is 0 Å². The molecule has 1 aromatic rings. The maximum atomic E-state index is 4.95. The topological polar surface area (TPSA) is 9.23 Å². The van der Waals surface area contributed by atoms with Crippen LogP contribution in [0.1, 0.15) is 5.56 Å². The third-order valence-corrected chi connectivity index (χ3v) is 1.44. The predicted molar refractivity (Wildman–Crippen MR) is 44.6 cm³/mol. The van der Waals surface area contributed by atoms with E-state index in [4.69, 9.17) is 4.65 Å². The van der Waals surface area contributed by atoms with Gasteiger partial charge in [-0.2, -0.15) is 0 Å². The highest BCUT2D eigenvalue weighted by Gasteiger charge is 1.87. The standard InChI is InChI=1S/C8H11BO/c9-10-7-6-8-4-2-1-3-5-8/h1-5H,6-7,9H2. The molecule has 0 aliphatic rings. The monoisotopic (exact) mass is 134 g/mol. The van der Waals surface area contributed by atoms with E-state index < -0.39 is 0 Å². The second-order valence-corrected chi connectivity index (χ2v) is 2.23. The van der Waals surface area contributed by atoms with E-state index in [0.29, 0.717) is 0 Å². The third kappa shape index (κ3) is 2.23. The lowest BCUT2D eigenvalue weighted by Crippen LogP contribution is -1.94. The first-order valence-electron chi connectivity index (χ1n) is 3.46. The first kappa shape index (κ1) is 7.35. The van der Waals surface area contributed by atoms with Gasteiger partial charge < -0.3 is 4.65 Å². The molecule has 0 fully saturated rings. The molecule has 1 nitrogen and oxygen atoms in total. The number of hydrogen-bond donors (Lipinski definition) is 0. The van der Waals surface area contributed by atoms with Crippen LogP contribution >= 0.6 is 0 Å². The van der Waals surface area contributed by atoms with Gasteiger partial charge in [0.2, 0.25) is 0 Å². The largest absolute Gasteiger partial charge is 0.444 e. The average molecular weight is 134 g/mol. The smallest absolute Gasteiger partial charge is 0.257 e. The van der Waals surface area contributed by atoms with E-state index in [1.165, 1.54) is 5.56 Å². The van der Waals surface area contributed by atoms with Crippen LogP contribution in [0.3, 0.4) is 0 Å². The Morgan fingerprint density at radius 2 is 1.90 bits per heavy atom. The fourth-order valence-corrected chi connectivity index (χ4v) is 0.865. The van der Waals surface area contributed by atoms with Crippen molar-refractivity contribution < 1.29 is 4.65 Å². The van der Waals surface area contributed by atoms with Gasteiger partial charge in [-0.3, -0.25) is 0 Å². The van der Waals surface area contributed by atoms with Gasteiger partial charge in [-0.1, -0.05) is 30.3 Å².